The molecule has 36 heavy (non-hydrogen) atoms. The van der Waals surface area contributed by atoms with Gasteiger partial charge in [0.15, 0.2) is 11.5 Å². The summed E-state index contributed by atoms with van der Waals surface area (Å²) in [7, 11) is 0. The summed E-state index contributed by atoms with van der Waals surface area (Å²) in [5, 5.41) is 7.20. The second-order valence-corrected chi connectivity index (χ2v) is 8.60. The normalized spacial score (nSPS) is 16.9. The average Bonchev–Trinajstić information content (AvgIpc) is 3.55. The summed E-state index contributed by atoms with van der Waals surface area (Å²) in [4.78, 5) is 19.5. The van der Waals surface area contributed by atoms with Crippen molar-refractivity contribution in [2.45, 2.75) is 19.9 Å². The molecule has 0 spiro atoms. The number of halogens is 1. The van der Waals surface area contributed by atoms with Gasteiger partial charge in [-0.05, 0) is 61.9 Å². The largest absolute Gasteiger partial charge is 0.454 e. The molecule has 4 aromatic rings. The SMILES string of the molecule is CC1=C(c2nc(-c3ccc4c(c3)OCO4)no2)C(c2ccc(F)cc2)NC(=O)N1c1ccc(C)cc1. The maximum atomic E-state index is 13.7. The lowest BCUT2D eigenvalue weighted by Gasteiger charge is -2.35. The number of rotatable bonds is 4. The first-order chi connectivity index (χ1) is 17.5. The zero-order chi connectivity index (χ0) is 24.8. The van der Waals surface area contributed by atoms with E-state index in [1.54, 1.807) is 29.2 Å². The first-order valence-electron chi connectivity index (χ1n) is 11.4. The average molecular weight is 484 g/mol. The lowest BCUT2D eigenvalue weighted by molar-refractivity contribution is 0.174. The Hall–Kier alpha value is -4.66. The molecule has 2 amide bonds. The molecule has 0 saturated heterocycles. The molecule has 1 unspecified atom stereocenters. The number of nitrogens with zero attached hydrogens (tertiary/aromatic N) is 3. The van der Waals surface area contributed by atoms with E-state index in [0.717, 1.165) is 5.56 Å². The fourth-order valence-corrected chi connectivity index (χ4v) is 4.42. The van der Waals surface area contributed by atoms with E-state index < -0.39 is 6.04 Å². The Morgan fingerprint density at radius 3 is 2.50 bits per heavy atom. The smallest absolute Gasteiger partial charge is 0.326 e. The third-order valence-corrected chi connectivity index (χ3v) is 6.27. The highest BCUT2D eigenvalue weighted by atomic mass is 19.1. The number of fused-ring (bicyclic) bond motifs is 1. The molecule has 1 aromatic heterocycles. The molecule has 6 rings (SSSR count). The predicted molar refractivity (Wildman–Crippen MR) is 130 cm³/mol. The number of aryl methyl sites for hydroxylation is 1. The van der Waals surface area contributed by atoms with E-state index in [-0.39, 0.29) is 24.5 Å². The number of hydrogen-bond donors (Lipinski definition) is 1. The van der Waals surface area contributed by atoms with E-state index in [0.29, 0.717) is 45.4 Å². The van der Waals surface area contributed by atoms with Crippen molar-refractivity contribution in [3.05, 3.63) is 95.3 Å². The number of urea groups is 1. The number of amides is 2. The molecule has 9 heteroatoms. The molecule has 0 aliphatic carbocycles. The molecule has 2 aliphatic rings. The third kappa shape index (κ3) is 3.74. The third-order valence-electron chi connectivity index (χ3n) is 6.27. The number of anilines is 1. The number of allylic oxidation sites excluding steroid dienone is 1. The molecule has 2 aliphatic heterocycles. The summed E-state index contributed by atoms with van der Waals surface area (Å²) in [6.07, 6.45) is 0. The number of hydrogen-bond acceptors (Lipinski definition) is 6. The van der Waals surface area contributed by atoms with Gasteiger partial charge in [-0.3, -0.25) is 4.90 Å². The maximum Gasteiger partial charge on any atom is 0.326 e. The van der Waals surface area contributed by atoms with Crippen LogP contribution in [0.25, 0.3) is 17.0 Å². The van der Waals surface area contributed by atoms with E-state index in [1.807, 2.05) is 44.2 Å². The summed E-state index contributed by atoms with van der Waals surface area (Å²) in [5.41, 5.74) is 4.39. The predicted octanol–water partition coefficient (Wildman–Crippen LogP) is 5.61. The van der Waals surface area contributed by atoms with E-state index >= 15 is 0 Å². The van der Waals surface area contributed by atoms with Crippen LogP contribution in [-0.4, -0.2) is 23.0 Å². The molecular formula is C27H21FN4O4. The van der Waals surface area contributed by atoms with Crippen LogP contribution in [0.2, 0.25) is 0 Å². The van der Waals surface area contributed by atoms with Gasteiger partial charge >= 0.3 is 6.03 Å². The van der Waals surface area contributed by atoms with Crippen LogP contribution in [0.4, 0.5) is 14.9 Å². The Bertz CT molecular complexity index is 1500. The number of ether oxygens (including phenoxy) is 2. The van der Waals surface area contributed by atoms with Gasteiger partial charge in [-0.2, -0.15) is 4.98 Å². The molecule has 3 aromatic carbocycles. The molecular weight excluding hydrogens is 463 g/mol. The standard InChI is InChI=1S/C27H21FN4O4/c1-15-3-10-20(11-4-15)32-16(2)23(24(29-27(32)33)17-5-8-19(28)9-6-17)26-30-25(31-36-26)18-7-12-21-22(13-18)35-14-34-21/h3-13,24H,14H2,1-2H3,(H,29,33). The minimum absolute atomic E-state index is 0.163. The summed E-state index contributed by atoms with van der Waals surface area (Å²) in [5.74, 6) is 1.49. The highest BCUT2D eigenvalue weighted by molar-refractivity contribution is 6.01. The summed E-state index contributed by atoms with van der Waals surface area (Å²) < 4.78 is 30.2. The van der Waals surface area contributed by atoms with Crippen molar-refractivity contribution in [2.24, 2.45) is 0 Å². The van der Waals surface area contributed by atoms with Gasteiger partial charge in [0.05, 0.1) is 17.3 Å². The van der Waals surface area contributed by atoms with Crippen LogP contribution in [0, 0.1) is 12.7 Å². The number of carbonyl (C=O) groups is 1. The fourth-order valence-electron chi connectivity index (χ4n) is 4.42. The second-order valence-electron chi connectivity index (χ2n) is 8.60. The van der Waals surface area contributed by atoms with E-state index in [2.05, 4.69) is 15.5 Å². The molecule has 0 bridgehead atoms. The highest BCUT2D eigenvalue weighted by Crippen LogP contribution is 2.40. The van der Waals surface area contributed by atoms with Crippen molar-refractivity contribution in [3.63, 3.8) is 0 Å². The Balaban J connectivity index is 1.46. The minimum Gasteiger partial charge on any atom is -0.454 e. The number of aromatic nitrogens is 2. The Morgan fingerprint density at radius 2 is 1.72 bits per heavy atom. The Labute approximate surface area is 206 Å². The highest BCUT2D eigenvalue weighted by Gasteiger charge is 2.36. The van der Waals surface area contributed by atoms with Gasteiger partial charge in [-0.25, -0.2) is 9.18 Å². The Morgan fingerprint density at radius 1 is 0.972 bits per heavy atom. The van der Waals surface area contributed by atoms with Crippen LogP contribution in [0.5, 0.6) is 11.5 Å². The summed E-state index contributed by atoms with van der Waals surface area (Å²) >= 11 is 0. The van der Waals surface area contributed by atoms with Crippen LogP contribution < -0.4 is 19.7 Å². The first-order valence-corrected chi connectivity index (χ1v) is 11.4. The van der Waals surface area contributed by atoms with Gasteiger partial charge in [0, 0.05) is 11.3 Å². The number of nitrogens with one attached hydrogen (secondary N) is 1. The summed E-state index contributed by atoms with van der Waals surface area (Å²) in [6.45, 7) is 3.97. The van der Waals surface area contributed by atoms with Crippen molar-refractivity contribution in [1.82, 2.24) is 15.5 Å². The van der Waals surface area contributed by atoms with Gasteiger partial charge in [0.1, 0.15) is 5.82 Å². The van der Waals surface area contributed by atoms with Crippen molar-refractivity contribution in [1.29, 1.82) is 0 Å². The lowest BCUT2D eigenvalue weighted by atomic mass is 9.94. The van der Waals surface area contributed by atoms with Gasteiger partial charge in [-0.15, -0.1) is 0 Å². The number of benzene rings is 3. The first kappa shape index (κ1) is 21.8. The van der Waals surface area contributed by atoms with Crippen molar-refractivity contribution in [3.8, 4) is 22.9 Å². The van der Waals surface area contributed by atoms with Gasteiger partial charge < -0.3 is 19.3 Å². The van der Waals surface area contributed by atoms with Crippen LogP contribution in [0.1, 0.15) is 30.0 Å². The molecule has 3 heterocycles. The van der Waals surface area contributed by atoms with Crippen molar-refractivity contribution < 1.29 is 23.2 Å². The van der Waals surface area contributed by atoms with Crippen molar-refractivity contribution >= 4 is 17.3 Å². The molecule has 8 nitrogen and oxygen atoms in total. The van der Waals surface area contributed by atoms with Crippen LogP contribution >= 0.6 is 0 Å². The van der Waals surface area contributed by atoms with E-state index in [1.165, 1.54) is 12.1 Å². The molecule has 0 radical (unpaired) electrons. The second kappa shape index (κ2) is 8.53. The van der Waals surface area contributed by atoms with Gasteiger partial charge in [0.2, 0.25) is 12.6 Å². The molecule has 1 atom stereocenters. The van der Waals surface area contributed by atoms with E-state index in [9.17, 15) is 9.18 Å². The summed E-state index contributed by atoms with van der Waals surface area (Å²) in [6, 6.07) is 18.1. The topological polar surface area (TPSA) is 89.7 Å². The van der Waals surface area contributed by atoms with Crippen LogP contribution in [-0.2, 0) is 0 Å². The zero-order valence-corrected chi connectivity index (χ0v) is 19.5. The molecule has 0 fully saturated rings. The van der Waals surface area contributed by atoms with Crippen LogP contribution in [0.3, 0.4) is 0 Å². The molecule has 1 N–H and O–H groups in total. The van der Waals surface area contributed by atoms with Gasteiger partial charge in [-0.1, -0.05) is 35.0 Å². The van der Waals surface area contributed by atoms with E-state index in [4.69, 9.17) is 14.0 Å². The quantitative estimate of drug-likeness (QED) is 0.405. The maximum absolute atomic E-state index is 13.7. The fraction of sp³-hybridized carbons (Fsp3) is 0.148. The van der Waals surface area contributed by atoms with Gasteiger partial charge in [0.25, 0.3) is 5.89 Å². The zero-order valence-electron chi connectivity index (χ0n) is 19.5. The van der Waals surface area contributed by atoms with Crippen molar-refractivity contribution in [2.75, 3.05) is 11.7 Å². The lowest BCUT2D eigenvalue weighted by Crippen LogP contribution is -2.46. The monoisotopic (exact) mass is 484 g/mol. The minimum atomic E-state index is -0.621. The molecule has 180 valence electrons. The Kier molecular flexibility index (Phi) is 5.18. The molecule has 0 saturated carbocycles. The van der Waals surface area contributed by atoms with Crippen LogP contribution in [0.15, 0.2) is 77.0 Å². The number of carbonyl (C=O) groups excluding carboxylic acids is 1.